The molecule has 2 heterocycles. The molecule has 0 spiro atoms. The summed E-state index contributed by atoms with van der Waals surface area (Å²) in [7, 11) is 0. The highest BCUT2D eigenvalue weighted by molar-refractivity contribution is 6.29. The van der Waals surface area contributed by atoms with Crippen LogP contribution in [-0.4, -0.2) is 0 Å². The van der Waals surface area contributed by atoms with Crippen LogP contribution in [0.4, 0.5) is 47.3 Å². The highest BCUT2D eigenvalue weighted by atomic mass is 19.4. The zero-order chi connectivity index (χ0) is 43.0. The second-order valence-corrected chi connectivity index (χ2v) is 15.5. The molecule has 0 atom stereocenters. The molecule has 11 rings (SSSR count). The first-order chi connectivity index (χ1) is 30.7. The maximum absolute atomic E-state index is 13.7. The Bertz CT molecular complexity index is 3690. The van der Waals surface area contributed by atoms with Crippen molar-refractivity contribution in [1.29, 1.82) is 10.5 Å². The van der Waals surface area contributed by atoms with Gasteiger partial charge in [0.25, 0.3) is 0 Å². The third kappa shape index (κ3) is 6.09. The Labute approximate surface area is 358 Å². The summed E-state index contributed by atoms with van der Waals surface area (Å²) in [6.07, 6.45) is -4.50. The van der Waals surface area contributed by atoms with Gasteiger partial charge in [0.2, 0.25) is 0 Å². The lowest BCUT2D eigenvalue weighted by atomic mass is 9.98. The predicted molar refractivity (Wildman–Crippen MR) is 245 cm³/mol. The second kappa shape index (κ2) is 14.3. The molecule has 9 aromatic carbocycles. The van der Waals surface area contributed by atoms with Gasteiger partial charge in [0.1, 0.15) is 11.2 Å². The minimum Gasteiger partial charge on any atom is -0.452 e. The lowest BCUT2D eigenvalue weighted by Crippen LogP contribution is -2.11. The fourth-order valence-corrected chi connectivity index (χ4v) is 8.85. The van der Waals surface area contributed by atoms with Crippen molar-refractivity contribution in [2.75, 3.05) is 9.80 Å². The molecule has 0 aliphatic carbocycles. The molecule has 63 heavy (non-hydrogen) atoms. The third-order valence-corrected chi connectivity index (χ3v) is 11.8. The fourth-order valence-electron chi connectivity index (χ4n) is 8.85. The number of nitrogens with zero attached hydrogens (tertiary/aromatic N) is 4. The van der Waals surface area contributed by atoms with E-state index in [-0.39, 0.29) is 0 Å². The Morgan fingerprint density at radius 2 is 0.810 bits per heavy atom. The Kier molecular flexibility index (Phi) is 8.50. The number of nitriles is 2. The van der Waals surface area contributed by atoms with Crippen LogP contribution in [0.15, 0.2) is 179 Å². The molecule has 0 N–H and O–H groups in total. The highest BCUT2D eigenvalue weighted by Gasteiger charge is 2.31. The summed E-state index contributed by atoms with van der Waals surface area (Å²) in [6, 6.07) is 56.5. The first kappa shape index (κ1) is 37.5. The first-order valence-corrected chi connectivity index (χ1v) is 20.2. The lowest BCUT2D eigenvalue weighted by molar-refractivity contribution is -0.137. The van der Waals surface area contributed by atoms with E-state index in [4.69, 9.17) is 8.83 Å². The van der Waals surface area contributed by atoms with E-state index in [9.17, 15) is 23.7 Å². The van der Waals surface area contributed by atoms with Crippen LogP contribution >= 0.6 is 0 Å². The number of furan rings is 2. The van der Waals surface area contributed by atoms with Gasteiger partial charge >= 0.3 is 6.18 Å². The number of halogens is 3. The number of aryl methyl sites for hydroxylation is 1. The van der Waals surface area contributed by atoms with E-state index in [1.807, 2.05) is 71.6 Å². The molecule has 2 aromatic heterocycles. The van der Waals surface area contributed by atoms with Crippen molar-refractivity contribution < 1.29 is 22.0 Å². The predicted octanol–water partition coefficient (Wildman–Crippen LogP) is 15.8. The van der Waals surface area contributed by atoms with Crippen LogP contribution in [0.2, 0.25) is 0 Å². The summed E-state index contributed by atoms with van der Waals surface area (Å²) in [6.45, 7) is 2.05. The molecule has 300 valence electrons. The maximum atomic E-state index is 13.7. The van der Waals surface area contributed by atoms with Crippen molar-refractivity contribution in [2.24, 2.45) is 0 Å². The molecule has 0 amide bonds. The Morgan fingerprint density at radius 3 is 1.19 bits per heavy atom. The molecule has 0 bridgehead atoms. The van der Waals surface area contributed by atoms with E-state index in [1.54, 1.807) is 24.3 Å². The van der Waals surface area contributed by atoms with Gasteiger partial charge in [0.05, 0.1) is 40.2 Å². The smallest absolute Gasteiger partial charge is 0.416 e. The van der Waals surface area contributed by atoms with E-state index in [0.29, 0.717) is 50.5 Å². The van der Waals surface area contributed by atoms with Crippen molar-refractivity contribution in [3.63, 3.8) is 0 Å². The van der Waals surface area contributed by atoms with Gasteiger partial charge in [-0.25, -0.2) is 0 Å². The molecule has 0 radical (unpaired) electrons. The van der Waals surface area contributed by atoms with E-state index in [2.05, 4.69) is 78.6 Å². The minimum atomic E-state index is -4.50. The molecule has 0 saturated carbocycles. The first-order valence-electron chi connectivity index (χ1n) is 20.2. The van der Waals surface area contributed by atoms with Crippen LogP contribution in [0.1, 0.15) is 22.3 Å². The van der Waals surface area contributed by atoms with Gasteiger partial charge in [0, 0.05) is 67.2 Å². The Balaban J connectivity index is 1.15. The SMILES string of the molecule is Cc1ccc(N(c2ccc(C#N)cc2)c2cc3oc4c(ccc5c4oc4cc(N(c6ccc(C#N)cc6)c6ccc(C(F)(F)F)cc6)c6ccccc6c45)c3c3ccccc23)cc1. The van der Waals surface area contributed by atoms with E-state index < -0.39 is 11.7 Å². The van der Waals surface area contributed by atoms with Gasteiger partial charge in [-0.1, -0.05) is 66.2 Å². The van der Waals surface area contributed by atoms with E-state index >= 15 is 0 Å². The van der Waals surface area contributed by atoms with Crippen LogP contribution in [0, 0.1) is 29.6 Å². The molecule has 0 aliphatic rings. The Morgan fingerprint density at radius 1 is 0.444 bits per heavy atom. The number of hydrogen-bond acceptors (Lipinski definition) is 6. The zero-order valence-electron chi connectivity index (χ0n) is 33.4. The van der Waals surface area contributed by atoms with Crippen molar-refractivity contribution >= 4 is 99.5 Å². The van der Waals surface area contributed by atoms with Crippen LogP contribution in [-0.2, 0) is 6.18 Å². The standard InChI is InChI=1S/C54H31F3N4O2/c1-32-10-18-36(19-11-32)60(37-20-12-33(30-58)13-21-37)46-28-48-50(42-8-4-2-6-40(42)46)44-26-27-45-51-43-9-5-3-7-41(43)47(29-49(51)63-53(45)52(44)62-48)61(38-22-14-34(31-59)15-23-38)39-24-16-35(17-25-39)54(55,56)57/h2-29H,1H3. The van der Waals surface area contributed by atoms with Gasteiger partial charge in [0.15, 0.2) is 11.2 Å². The van der Waals surface area contributed by atoms with Crippen molar-refractivity contribution in [3.05, 3.63) is 192 Å². The Hall–Kier alpha value is -8.53. The fraction of sp³-hybridized carbons (Fsp3) is 0.0370. The summed E-state index contributed by atoms with van der Waals surface area (Å²) in [5, 5.41) is 26.4. The van der Waals surface area contributed by atoms with Gasteiger partial charge in [-0.15, -0.1) is 0 Å². The number of hydrogen-bond donors (Lipinski definition) is 0. The van der Waals surface area contributed by atoms with Crippen LogP contribution in [0.5, 0.6) is 0 Å². The number of alkyl halides is 3. The van der Waals surface area contributed by atoms with Crippen LogP contribution < -0.4 is 9.80 Å². The number of benzene rings is 9. The summed E-state index contributed by atoms with van der Waals surface area (Å²) in [5.74, 6) is 0. The average molecular weight is 825 g/mol. The van der Waals surface area contributed by atoms with E-state index in [0.717, 1.165) is 77.8 Å². The third-order valence-electron chi connectivity index (χ3n) is 11.8. The topological polar surface area (TPSA) is 80.3 Å². The normalized spacial score (nSPS) is 11.8. The summed E-state index contributed by atoms with van der Waals surface area (Å²) in [5.41, 5.74) is 8.32. The van der Waals surface area contributed by atoms with Crippen molar-refractivity contribution in [3.8, 4) is 12.1 Å². The monoisotopic (exact) mass is 824 g/mol. The molecule has 6 nitrogen and oxygen atoms in total. The summed E-state index contributed by atoms with van der Waals surface area (Å²) >= 11 is 0. The molecule has 0 saturated heterocycles. The highest BCUT2D eigenvalue weighted by Crippen LogP contribution is 2.49. The second-order valence-electron chi connectivity index (χ2n) is 15.5. The molecule has 11 aromatic rings. The summed E-state index contributed by atoms with van der Waals surface area (Å²) < 4.78 is 55.0. The quantitative estimate of drug-likeness (QED) is 0.166. The van der Waals surface area contributed by atoms with Crippen LogP contribution in [0.25, 0.3) is 65.4 Å². The minimum absolute atomic E-state index is 0.454. The number of fused-ring (bicyclic) bond motifs is 11. The molecule has 9 heteroatoms. The van der Waals surface area contributed by atoms with Gasteiger partial charge in [-0.3, -0.25) is 0 Å². The van der Waals surface area contributed by atoms with Crippen LogP contribution in [0.3, 0.4) is 0 Å². The average Bonchev–Trinajstić information content (AvgIpc) is 3.89. The van der Waals surface area contributed by atoms with Gasteiger partial charge < -0.3 is 18.6 Å². The van der Waals surface area contributed by atoms with Gasteiger partial charge in [-0.05, 0) is 115 Å². The lowest BCUT2D eigenvalue weighted by Gasteiger charge is -2.27. The molecule has 0 aliphatic heterocycles. The zero-order valence-corrected chi connectivity index (χ0v) is 33.4. The molecule has 0 fully saturated rings. The van der Waals surface area contributed by atoms with Gasteiger partial charge in [-0.2, -0.15) is 23.7 Å². The number of rotatable bonds is 6. The largest absolute Gasteiger partial charge is 0.452 e. The maximum Gasteiger partial charge on any atom is 0.416 e. The number of anilines is 6. The molecular weight excluding hydrogens is 794 g/mol. The molecular formula is C54H31F3N4O2. The van der Waals surface area contributed by atoms with Crippen molar-refractivity contribution in [2.45, 2.75) is 13.1 Å². The summed E-state index contributed by atoms with van der Waals surface area (Å²) in [4.78, 5) is 4.06. The van der Waals surface area contributed by atoms with Crippen molar-refractivity contribution in [1.82, 2.24) is 0 Å². The molecule has 0 unspecified atom stereocenters. The van der Waals surface area contributed by atoms with E-state index in [1.165, 1.54) is 12.1 Å².